The van der Waals surface area contributed by atoms with Crippen molar-refractivity contribution in [1.29, 1.82) is 0 Å². The summed E-state index contributed by atoms with van der Waals surface area (Å²) in [5.74, 6) is -1.93. The van der Waals surface area contributed by atoms with Gasteiger partial charge < -0.3 is 4.74 Å². The fourth-order valence-corrected chi connectivity index (χ4v) is 1.57. The second-order valence-corrected chi connectivity index (χ2v) is 3.39. The maximum absolute atomic E-state index is 12.9. The van der Waals surface area contributed by atoms with Gasteiger partial charge in [-0.05, 0) is 11.6 Å². The van der Waals surface area contributed by atoms with Crippen LogP contribution in [0, 0.1) is 5.82 Å². The van der Waals surface area contributed by atoms with Gasteiger partial charge in [-0.25, -0.2) is 4.39 Å². The lowest BCUT2D eigenvalue weighted by Crippen LogP contribution is -2.24. The van der Waals surface area contributed by atoms with Crippen LogP contribution in [0.15, 0.2) is 18.5 Å². The Balaban J connectivity index is 2.23. The summed E-state index contributed by atoms with van der Waals surface area (Å²) >= 11 is 0. The second-order valence-electron chi connectivity index (χ2n) is 3.39. The summed E-state index contributed by atoms with van der Waals surface area (Å²) in [5.41, 5.74) is 0.556. The Morgan fingerprint density at radius 1 is 1.27 bits per heavy atom. The van der Waals surface area contributed by atoms with Crippen LogP contribution in [-0.2, 0) is 14.3 Å². The average Bonchev–Trinajstić information content (AvgIpc) is 2.16. The van der Waals surface area contributed by atoms with Gasteiger partial charge in [-0.15, -0.1) is 0 Å². The number of rotatable bonds is 1. The molecule has 0 bridgehead atoms. The lowest BCUT2D eigenvalue weighted by Gasteiger charge is -2.19. The molecule has 0 atom stereocenters. The van der Waals surface area contributed by atoms with Gasteiger partial charge in [0.2, 0.25) is 0 Å². The number of pyridine rings is 1. The Hall–Kier alpha value is -1.78. The van der Waals surface area contributed by atoms with E-state index in [-0.39, 0.29) is 18.8 Å². The summed E-state index contributed by atoms with van der Waals surface area (Å²) in [7, 11) is 0. The van der Waals surface area contributed by atoms with E-state index in [0.29, 0.717) is 5.56 Å². The van der Waals surface area contributed by atoms with E-state index in [0.717, 1.165) is 6.20 Å². The number of hydrogen-bond donors (Lipinski definition) is 0. The summed E-state index contributed by atoms with van der Waals surface area (Å²) in [6.07, 6.45) is 2.72. The van der Waals surface area contributed by atoms with Crippen molar-refractivity contribution in [3.05, 3.63) is 29.8 Å². The third-order valence-electron chi connectivity index (χ3n) is 2.25. The summed E-state index contributed by atoms with van der Waals surface area (Å²) in [5, 5.41) is 0. The molecular weight excluding hydrogens is 201 g/mol. The van der Waals surface area contributed by atoms with E-state index >= 15 is 0 Å². The lowest BCUT2D eigenvalue weighted by molar-refractivity contribution is -0.163. The molecule has 15 heavy (non-hydrogen) atoms. The number of esters is 2. The van der Waals surface area contributed by atoms with E-state index in [4.69, 9.17) is 0 Å². The SMILES string of the molecule is O=C1CC(c2cncc(F)c2)CC(=O)O1. The van der Waals surface area contributed by atoms with Crippen molar-refractivity contribution in [2.75, 3.05) is 0 Å². The number of aromatic nitrogens is 1. The van der Waals surface area contributed by atoms with Crippen molar-refractivity contribution in [3.8, 4) is 0 Å². The van der Waals surface area contributed by atoms with Crippen LogP contribution >= 0.6 is 0 Å². The number of carbonyl (C=O) groups excluding carboxylic acids is 2. The van der Waals surface area contributed by atoms with E-state index in [2.05, 4.69) is 9.72 Å². The molecule has 2 heterocycles. The van der Waals surface area contributed by atoms with Gasteiger partial charge in [-0.2, -0.15) is 0 Å². The third kappa shape index (κ3) is 2.18. The van der Waals surface area contributed by atoms with Crippen LogP contribution in [-0.4, -0.2) is 16.9 Å². The Kier molecular flexibility index (Phi) is 2.45. The van der Waals surface area contributed by atoms with Crippen molar-refractivity contribution < 1.29 is 18.7 Å². The molecule has 0 amide bonds. The Morgan fingerprint density at radius 2 is 1.93 bits per heavy atom. The fourth-order valence-electron chi connectivity index (χ4n) is 1.57. The van der Waals surface area contributed by atoms with E-state index in [1.807, 2.05) is 0 Å². The molecule has 0 N–H and O–H groups in total. The molecule has 0 unspecified atom stereocenters. The summed E-state index contributed by atoms with van der Waals surface area (Å²) in [4.78, 5) is 25.6. The van der Waals surface area contributed by atoms with Crippen LogP contribution in [0.2, 0.25) is 0 Å². The van der Waals surface area contributed by atoms with Gasteiger partial charge in [0.05, 0.1) is 19.0 Å². The predicted octanol–water partition coefficient (Wildman–Crippen LogP) is 1.17. The first-order chi connectivity index (χ1) is 7.15. The van der Waals surface area contributed by atoms with Crippen LogP contribution in [0.5, 0.6) is 0 Å². The average molecular weight is 209 g/mol. The Morgan fingerprint density at radius 3 is 2.53 bits per heavy atom. The molecule has 2 rings (SSSR count). The number of cyclic esters (lactones) is 2. The quantitative estimate of drug-likeness (QED) is 0.514. The number of hydrogen-bond acceptors (Lipinski definition) is 4. The highest BCUT2D eigenvalue weighted by Gasteiger charge is 2.28. The first-order valence-corrected chi connectivity index (χ1v) is 4.49. The van der Waals surface area contributed by atoms with Gasteiger partial charge in [0.1, 0.15) is 5.82 Å². The molecule has 1 aliphatic rings. The predicted molar refractivity (Wildman–Crippen MR) is 47.3 cm³/mol. The van der Waals surface area contributed by atoms with Crippen molar-refractivity contribution >= 4 is 11.9 Å². The summed E-state index contributed by atoms with van der Waals surface area (Å²) in [6.45, 7) is 0. The number of ether oxygens (including phenoxy) is 1. The monoisotopic (exact) mass is 209 g/mol. The van der Waals surface area contributed by atoms with E-state index in [9.17, 15) is 14.0 Å². The maximum Gasteiger partial charge on any atom is 0.314 e. The zero-order valence-corrected chi connectivity index (χ0v) is 7.77. The highest BCUT2D eigenvalue weighted by atomic mass is 19.1. The normalized spacial score (nSPS) is 17.7. The van der Waals surface area contributed by atoms with Crippen molar-refractivity contribution in [3.63, 3.8) is 0 Å². The van der Waals surface area contributed by atoms with Crippen molar-refractivity contribution in [1.82, 2.24) is 4.98 Å². The maximum atomic E-state index is 12.9. The van der Waals surface area contributed by atoms with Crippen LogP contribution in [0.3, 0.4) is 0 Å². The fraction of sp³-hybridized carbons (Fsp3) is 0.300. The van der Waals surface area contributed by atoms with E-state index in [1.54, 1.807) is 0 Å². The van der Waals surface area contributed by atoms with Gasteiger partial charge in [0.25, 0.3) is 0 Å². The van der Waals surface area contributed by atoms with Crippen LogP contribution < -0.4 is 0 Å². The molecule has 0 aliphatic carbocycles. The minimum atomic E-state index is -0.569. The molecule has 0 radical (unpaired) electrons. The molecule has 1 aliphatic heterocycles. The van der Waals surface area contributed by atoms with Gasteiger partial charge in [0.15, 0.2) is 0 Å². The number of halogens is 1. The van der Waals surface area contributed by atoms with Gasteiger partial charge in [-0.1, -0.05) is 0 Å². The molecule has 5 heteroatoms. The van der Waals surface area contributed by atoms with Crippen molar-refractivity contribution in [2.45, 2.75) is 18.8 Å². The topological polar surface area (TPSA) is 56.3 Å². The molecule has 78 valence electrons. The molecule has 0 spiro atoms. The molecule has 1 fully saturated rings. The molecule has 1 saturated heterocycles. The lowest BCUT2D eigenvalue weighted by atomic mass is 9.92. The zero-order chi connectivity index (χ0) is 10.8. The van der Waals surface area contributed by atoms with Crippen LogP contribution in [0.25, 0.3) is 0 Å². The second kappa shape index (κ2) is 3.76. The van der Waals surface area contributed by atoms with Crippen LogP contribution in [0.4, 0.5) is 4.39 Å². The highest BCUT2D eigenvalue weighted by Crippen LogP contribution is 2.27. The largest absolute Gasteiger partial charge is 0.393 e. The molecule has 1 aromatic heterocycles. The molecule has 0 saturated carbocycles. The minimum absolute atomic E-state index is 0.0941. The number of carbonyl (C=O) groups is 2. The number of nitrogens with zero attached hydrogens (tertiary/aromatic N) is 1. The van der Waals surface area contributed by atoms with Crippen LogP contribution in [0.1, 0.15) is 24.3 Å². The standard InChI is InChI=1S/C10H8FNO3/c11-8-1-7(4-12-5-8)6-2-9(13)15-10(14)3-6/h1,4-6H,2-3H2. The van der Waals surface area contributed by atoms with Gasteiger partial charge in [0, 0.05) is 12.1 Å². The van der Waals surface area contributed by atoms with E-state index in [1.165, 1.54) is 12.3 Å². The highest BCUT2D eigenvalue weighted by molar-refractivity contribution is 5.89. The summed E-state index contributed by atoms with van der Waals surface area (Å²) < 4.78 is 17.2. The molecular formula is C10H8FNO3. The Labute approximate surface area is 85.1 Å². The molecule has 1 aromatic rings. The smallest absolute Gasteiger partial charge is 0.314 e. The molecule has 0 aromatic carbocycles. The summed E-state index contributed by atoms with van der Waals surface area (Å²) in [6, 6.07) is 1.28. The van der Waals surface area contributed by atoms with Crippen molar-refractivity contribution in [2.24, 2.45) is 0 Å². The first-order valence-electron chi connectivity index (χ1n) is 4.49. The minimum Gasteiger partial charge on any atom is -0.393 e. The first kappa shape index (κ1) is 9.76. The van der Waals surface area contributed by atoms with E-state index < -0.39 is 17.8 Å². The molecule has 4 nitrogen and oxygen atoms in total. The third-order valence-corrected chi connectivity index (χ3v) is 2.25. The zero-order valence-electron chi connectivity index (χ0n) is 7.77. The van der Waals surface area contributed by atoms with Gasteiger partial charge in [-0.3, -0.25) is 14.6 Å². The van der Waals surface area contributed by atoms with Gasteiger partial charge >= 0.3 is 11.9 Å². The Bertz CT molecular complexity index is 403.